The SMILES string of the molecule is CC(C)(C)c1ccc2c(c1)/C(=C\Br)c1ccccc1-2. The lowest BCUT2D eigenvalue weighted by Gasteiger charge is -2.20. The average molecular weight is 313 g/mol. The van der Waals surface area contributed by atoms with Crippen LogP contribution >= 0.6 is 15.9 Å². The second kappa shape index (κ2) is 4.35. The molecule has 2 aromatic carbocycles. The van der Waals surface area contributed by atoms with Gasteiger partial charge >= 0.3 is 0 Å². The average Bonchev–Trinajstić information content (AvgIpc) is 2.70. The van der Waals surface area contributed by atoms with E-state index in [4.69, 9.17) is 0 Å². The minimum absolute atomic E-state index is 0.182. The van der Waals surface area contributed by atoms with Crippen LogP contribution in [0.3, 0.4) is 0 Å². The van der Waals surface area contributed by atoms with Crippen molar-refractivity contribution < 1.29 is 0 Å². The van der Waals surface area contributed by atoms with Gasteiger partial charge < -0.3 is 0 Å². The molecule has 0 bridgehead atoms. The number of benzene rings is 2. The van der Waals surface area contributed by atoms with E-state index in [9.17, 15) is 0 Å². The summed E-state index contributed by atoms with van der Waals surface area (Å²) < 4.78 is 0. The summed E-state index contributed by atoms with van der Waals surface area (Å²) in [5, 5.41) is 0. The summed E-state index contributed by atoms with van der Waals surface area (Å²) in [5.41, 5.74) is 8.19. The van der Waals surface area contributed by atoms with Gasteiger partial charge in [0, 0.05) is 0 Å². The number of hydrogen-bond acceptors (Lipinski definition) is 0. The van der Waals surface area contributed by atoms with Crippen molar-refractivity contribution in [1.29, 1.82) is 0 Å². The smallest absolute Gasteiger partial charge is 0.00296 e. The lowest BCUT2D eigenvalue weighted by atomic mass is 9.85. The molecule has 0 atom stereocenters. The third-order valence-electron chi connectivity index (χ3n) is 3.79. The molecule has 0 saturated heterocycles. The van der Waals surface area contributed by atoms with E-state index in [0.717, 1.165) is 0 Å². The summed E-state index contributed by atoms with van der Waals surface area (Å²) in [6.07, 6.45) is 0. The van der Waals surface area contributed by atoms with E-state index in [1.165, 1.54) is 33.4 Å². The Balaban J connectivity index is 2.27. The van der Waals surface area contributed by atoms with Crippen LogP contribution in [0.15, 0.2) is 47.4 Å². The zero-order valence-corrected chi connectivity index (χ0v) is 13.1. The number of hydrogen-bond donors (Lipinski definition) is 0. The monoisotopic (exact) mass is 312 g/mol. The summed E-state index contributed by atoms with van der Waals surface area (Å²) in [5.74, 6) is 0. The van der Waals surface area contributed by atoms with Crippen LogP contribution < -0.4 is 0 Å². The predicted molar refractivity (Wildman–Crippen MR) is 86.6 cm³/mol. The van der Waals surface area contributed by atoms with Crippen LogP contribution in [0.2, 0.25) is 0 Å². The van der Waals surface area contributed by atoms with Gasteiger partial charge in [0.1, 0.15) is 0 Å². The maximum absolute atomic E-state index is 3.53. The Bertz CT molecular complexity index is 672. The normalized spacial score (nSPS) is 15.5. The second-order valence-corrected chi connectivity index (χ2v) is 6.54. The van der Waals surface area contributed by atoms with Crippen molar-refractivity contribution in [2.24, 2.45) is 0 Å². The summed E-state index contributed by atoms with van der Waals surface area (Å²) >= 11 is 3.53. The van der Waals surface area contributed by atoms with Crippen LogP contribution in [0.1, 0.15) is 37.5 Å². The fraction of sp³-hybridized carbons (Fsp3) is 0.222. The fourth-order valence-electron chi connectivity index (χ4n) is 2.68. The Kier molecular flexibility index (Phi) is 2.90. The zero-order chi connectivity index (χ0) is 13.6. The molecule has 0 heterocycles. The van der Waals surface area contributed by atoms with Gasteiger partial charge in [-0.2, -0.15) is 0 Å². The van der Waals surface area contributed by atoms with E-state index in [2.05, 4.69) is 79.2 Å². The van der Waals surface area contributed by atoms with Crippen molar-refractivity contribution in [3.63, 3.8) is 0 Å². The molecule has 1 heteroatoms. The second-order valence-electron chi connectivity index (χ2n) is 6.08. The summed E-state index contributed by atoms with van der Waals surface area (Å²) in [7, 11) is 0. The molecule has 1 aliphatic carbocycles. The van der Waals surface area contributed by atoms with E-state index in [1.807, 2.05) is 4.99 Å². The molecule has 0 fully saturated rings. The molecule has 19 heavy (non-hydrogen) atoms. The topological polar surface area (TPSA) is 0 Å². The van der Waals surface area contributed by atoms with Gasteiger partial charge in [-0.05, 0) is 49.9 Å². The van der Waals surface area contributed by atoms with Gasteiger partial charge in [0.05, 0.1) is 0 Å². The minimum atomic E-state index is 0.182. The van der Waals surface area contributed by atoms with Crippen LogP contribution in [-0.2, 0) is 5.41 Å². The van der Waals surface area contributed by atoms with Gasteiger partial charge in [-0.3, -0.25) is 0 Å². The number of rotatable bonds is 0. The molecule has 0 saturated carbocycles. The lowest BCUT2D eigenvalue weighted by Crippen LogP contribution is -2.11. The van der Waals surface area contributed by atoms with Crippen LogP contribution in [-0.4, -0.2) is 0 Å². The molecule has 0 nitrogen and oxygen atoms in total. The first-order chi connectivity index (χ1) is 9.02. The Morgan fingerprint density at radius 1 is 0.842 bits per heavy atom. The molecule has 0 radical (unpaired) electrons. The van der Waals surface area contributed by atoms with Crippen molar-refractivity contribution in [3.05, 3.63) is 64.1 Å². The first-order valence-electron chi connectivity index (χ1n) is 6.57. The molecule has 0 aliphatic heterocycles. The summed E-state index contributed by atoms with van der Waals surface area (Å²) in [6.45, 7) is 6.77. The molecule has 0 N–H and O–H groups in total. The molecule has 0 aromatic heterocycles. The lowest BCUT2D eigenvalue weighted by molar-refractivity contribution is 0.590. The van der Waals surface area contributed by atoms with Crippen LogP contribution in [0.25, 0.3) is 16.7 Å². The van der Waals surface area contributed by atoms with Crippen molar-refractivity contribution >= 4 is 21.5 Å². The van der Waals surface area contributed by atoms with Gasteiger partial charge in [0.25, 0.3) is 0 Å². The van der Waals surface area contributed by atoms with Crippen molar-refractivity contribution in [2.45, 2.75) is 26.2 Å². The Labute approximate surface area is 123 Å². The highest BCUT2D eigenvalue weighted by atomic mass is 79.9. The first-order valence-corrected chi connectivity index (χ1v) is 7.49. The molecule has 0 spiro atoms. The number of halogens is 1. The zero-order valence-electron chi connectivity index (χ0n) is 11.5. The van der Waals surface area contributed by atoms with Crippen molar-refractivity contribution in [3.8, 4) is 11.1 Å². The molecule has 2 aromatic rings. The Morgan fingerprint density at radius 2 is 1.47 bits per heavy atom. The fourth-order valence-corrected chi connectivity index (χ4v) is 3.18. The highest BCUT2D eigenvalue weighted by molar-refractivity contribution is 9.11. The maximum atomic E-state index is 3.53. The quantitative estimate of drug-likeness (QED) is 0.496. The molecule has 96 valence electrons. The molecular formula is C18H17Br. The van der Waals surface area contributed by atoms with Gasteiger partial charge in [0.15, 0.2) is 0 Å². The highest BCUT2D eigenvalue weighted by Gasteiger charge is 2.24. The summed E-state index contributed by atoms with van der Waals surface area (Å²) in [4.78, 5) is 2.05. The van der Waals surface area contributed by atoms with E-state index in [0.29, 0.717) is 0 Å². The standard InChI is InChI=1S/C18H17Br/c1-18(2,3)12-8-9-15-13-6-4-5-7-14(13)17(11-19)16(15)10-12/h4-11H,1-3H3/b17-11-. The third-order valence-corrected chi connectivity index (χ3v) is 4.25. The minimum Gasteiger partial charge on any atom is -0.0616 e. The largest absolute Gasteiger partial charge is 0.0616 e. The van der Waals surface area contributed by atoms with Crippen molar-refractivity contribution in [2.75, 3.05) is 0 Å². The Hall–Kier alpha value is -1.34. The van der Waals surface area contributed by atoms with Crippen molar-refractivity contribution in [1.82, 2.24) is 0 Å². The Morgan fingerprint density at radius 3 is 2.11 bits per heavy atom. The van der Waals surface area contributed by atoms with E-state index in [1.54, 1.807) is 0 Å². The molecule has 0 unspecified atom stereocenters. The van der Waals surface area contributed by atoms with E-state index < -0.39 is 0 Å². The van der Waals surface area contributed by atoms with Crippen LogP contribution in [0.4, 0.5) is 0 Å². The van der Waals surface area contributed by atoms with E-state index in [-0.39, 0.29) is 5.41 Å². The van der Waals surface area contributed by atoms with Gasteiger partial charge in [-0.25, -0.2) is 0 Å². The molecule has 3 rings (SSSR count). The third kappa shape index (κ3) is 1.97. The molecule has 1 aliphatic rings. The predicted octanol–water partition coefficient (Wildman–Crippen LogP) is 5.75. The summed E-state index contributed by atoms with van der Waals surface area (Å²) in [6, 6.07) is 15.5. The van der Waals surface area contributed by atoms with E-state index >= 15 is 0 Å². The molecular weight excluding hydrogens is 296 g/mol. The number of fused-ring (bicyclic) bond motifs is 3. The van der Waals surface area contributed by atoms with Gasteiger partial charge in [-0.15, -0.1) is 0 Å². The maximum Gasteiger partial charge on any atom is -0.00296 e. The van der Waals surface area contributed by atoms with Gasteiger partial charge in [-0.1, -0.05) is 73.1 Å². The van der Waals surface area contributed by atoms with Gasteiger partial charge in [0.2, 0.25) is 0 Å². The molecule has 0 amide bonds. The van der Waals surface area contributed by atoms with Crippen LogP contribution in [0.5, 0.6) is 0 Å². The van der Waals surface area contributed by atoms with Crippen LogP contribution in [0, 0.1) is 0 Å². The first kappa shape index (κ1) is 12.7. The highest BCUT2D eigenvalue weighted by Crippen LogP contribution is 2.45.